The highest BCUT2D eigenvalue weighted by atomic mass is 16.5. The molecule has 0 bridgehead atoms. The maximum Gasteiger partial charge on any atom is 0.253 e. The van der Waals surface area contributed by atoms with Crippen LogP contribution in [0.15, 0.2) is 48.5 Å². The van der Waals surface area contributed by atoms with Crippen LogP contribution in [-0.2, 0) is 0 Å². The van der Waals surface area contributed by atoms with E-state index in [1.54, 1.807) is 7.11 Å². The van der Waals surface area contributed by atoms with Gasteiger partial charge in [0.25, 0.3) is 5.91 Å². The van der Waals surface area contributed by atoms with E-state index in [9.17, 15) is 4.79 Å². The summed E-state index contributed by atoms with van der Waals surface area (Å²) in [6, 6.07) is 16.2. The van der Waals surface area contributed by atoms with Gasteiger partial charge in [0.15, 0.2) is 0 Å². The lowest BCUT2D eigenvalue weighted by atomic mass is 9.98. The van der Waals surface area contributed by atoms with Gasteiger partial charge in [-0.3, -0.25) is 4.79 Å². The van der Waals surface area contributed by atoms with Gasteiger partial charge in [0.05, 0.1) is 7.11 Å². The molecular formula is C23H30N2O2. The van der Waals surface area contributed by atoms with E-state index < -0.39 is 0 Å². The summed E-state index contributed by atoms with van der Waals surface area (Å²) in [4.78, 5) is 17.1. The summed E-state index contributed by atoms with van der Waals surface area (Å²) in [6.07, 6.45) is 3.37. The fraction of sp³-hybridized carbons (Fsp3) is 0.435. The van der Waals surface area contributed by atoms with Gasteiger partial charge in [0, 0.05) is 43.9 Å². The van der Waals surface area contributed by atoms with E-state index in [-0.39, 0.29) is 5.91 Å². The standard InChI is InChI=1S/C23H30N2O2/c1-4-5-15-24(2)21-10-6-19(7-11-21)23(26)25-16-14-20(17-25)18-8-12-22(27-3)13-9-18/h6-13,20H,4-5,14-17H2,1-3H3. The molecule has 0 aromatic heterocycles. The Hall–Kier alpha value is -2.49. The van der Waals surface area contributed by atoms with Crippen LogP contribution in [0.25, 0.3) is 0 Å². The molecule has 4 heteroatoms. The SMILES string of the molecule is CCCCN(C)c1ccc(C(=O)N2CCC(c3ccc(OC)cc3)C2)cc1. The zero-order valence-corrected chi connectivity index (χ0v) is 16.6. The number of amides is 1. The summed E-state index contributed by atoms with van der Waals surface area (Å²) >= 11 is 0. The fourth-order valence-corrected chi connectivity index (χ4v) is 3.66. The van der Waals surface area contributed by atoms with Crippen LogP contribution in [0, 0.1) is 0 Å². The molecule has 1 saturated heterocycles. The zero-order chi connectivity index (χ0) is 19.2. The number of benzene rings is 2. The Bertz CT molecular complexity index is 740. The lowest BCUT2D eigenvalue weighted by Gasteiger charge is -2.20. The minimum absolute atomic E-state index is 0.133. The molecule has 2 aromatic rings. The molecule has 0 saturated carbocycles. The van der Waals surface area contributed by atoms with Crippen molar-refractivity contribution in [3.63, 3.8) is 0 Å². The maximum absolute atomic E-state index is 12.9. The van der Waals surface area contributed by atoms with Crippen LogP contribution >= 0.6 is 0 Å². The number of likely N-dealkylation sites (tertiary alicyclic amines) is 1. The quantitative estimate of drug-likeness (QED) is 0.720. The molecule has 3 rings (SSSR count). The van der Waals surface area contributed by atoms with Gasteiger partial charge >= 0.3 is 0 Å². The molecule has 1 fully saturated rings. The van der Waals surface area contributed by atoms with Crippen molar-refractivity contribution < 1.29 is 9.53 Å². The molecule has 1 unspecified atom stereocenters. The lowest BCUT2D eigenvalue weighted by molar-refractivity contribution is 0.0791. The summed E-state index contributed by atoms with van der Waals surface area (Å²) in [5.74, 6) is 1.40. The Kier molecular flexibility index (Phi) is 6.38. The van der Waals surface area contributed by atoms with E-state index in [1.165, 1.54) is 18.4 Å². The number of hydrogen-bond donors (Lipinski definition) is 0. The molecule has 1 atom stereocenters. The zero-order valence-electron chi connectivity index (χ0n) is 16.6. The molecule has 0 N–H and O–H groups in total. The third-order valence-electron chi connectivity index (χ3n) is 5.46. The molecule has 0 spiro atoms. The highest BCUT2D eigenvalue weighted by Gasteiger charge is 2.28. The molecule has 1 heterocycles. The van der Waals surface area contributed by atoms with Crippen molar-refractivity contribution in [3.05, 3.63) is 59.7 Å². The van der Waals surface area contributed by atoms with Crippen molar-refractivity contribution in [2.24, 2.45) is 0 Å². The second-order valence-corrected chi connectivity index (χ2v) is 7.33. The van der Waals surface area contributed by atoms with Crippen LogP contribution in [0.1, 0.15) is 48.0 Å². The van der Waals surface area contributed by atoms with E-state index >= 15 is 0 Å². The van der Waals surface area contributed by atoms with E-state index in [1.807, 2.05) is 29.2 Å². The van der Waals surface area contributed by atoms with Gasteiger partial charge < -0.3 is 14.5 Å². The number of carbonyl (C=O) groups excluding carboxylic acids is 1. The van der Waals surface area contributed by atoms with Crippen molar-refractivity contribution in [1.29, 1.82) is 0 Å². The molecule has 27 heavy (non-hydrogen) atoms. The number of unbranched alkanes of at least 4 members (excludes halogenated alkanes) is 1. The molecule has 4 nitrogen and oxygen atoms in total. The van der Waals surface area contributed by atoms with E-state index in [4.69, 9.17) is 4.74 Å². The minimum atomic E-state index is 0.133. The van der Waals surface area contributed by atoms with Crippen molar-refractivity contribution >= 4 is 11.6 Å². The topological polar surface area (TPSA) is 32.8 Å². The Morgan fingerprint density at radius 3 is 2.48 bits per heavy atom. The number of nitrogens with zero attached hydrogens (tertiary/aromatic N) is 2. The second kappa shape index (κ2) is 8.94. The largest absolute Gasteiger partial charge is 0.497 e. The van der Waals surface area contributed by atoms with E-state index in [0.717, 1.165) is 43.1 Å². The van der Waals surface area contributed by atoms with E-state index in [0.29, 0.717) is 5.92 Å². The van der Waals surface area contributed by atoms with Crippen LogP contribution in [0.5, 0.6) is 5.75 Å². The molecule has 1 amide bonds. The summed E-state index contributed by atoms with van der Waals surface area (Å²) in [5.41, 5.74) is 3.22. The first kappa shape index (κ1) is 19.3. The van der Waals surface area contributed by atoms with Gasteiger partial charge in [0.2, 0.25) is 0 Å². The smallest absolute Gasteiger partial charge is 0.253 e. The summed E-state index contributed by atoms with van der Waals surface area (Å²) < 4.78 is 5.23. The van der Waals surface area contributed by atoms with Gasteiger partial charge in [-0.2, -0.15) is 0 Å². The molecule has 1 aliphatic heterocycles. The highest BCUT2D eigenvalue weighted by Crippen LogP contribution is 2.29. The first-order valence-corrected chi connectivity index (χ1v) is 9.86. The van der Waals surface area contributed by atoms with Crippen LogP contribution in [0.4, 0.5) is 5.69 Å². The van der Waals surface area contributed by atoms with Gasteiger partial charge in [0.1, 0.15) is 5.75 Å². The number of methoxy groups -OCH3 is 1. The monoisotopic (exact) mass is 366 g/mol. The molecule has 1 aliphatic rings. The second-order valence-electron chi connectivity index (χ2n) is 7.33. The molecule has 2 aromatic carbocycles. The Balaban J connectivity index is 1.61. The third kappa shape index (κ3) is 4.62. The van der Waals surface area contributed by atoms with Crippen molar-refractivity contribution in [1.82, 2.24) is 4.90 Å². The summed E-state index contributed by atoms with van der Waals surface area (Å²) in [7, 11) is 3.78. The van der Waals surface area contributed by atoms with Gasteiger partial charge in [-0.05, 0) is 54.8 Å². The summed E-state index contributed by atoms with van der Waals surface area (Å²) in [6.45, 7) is 4.83. The number of hydrogen-bond acceptors (Lipinski definition) is 3. The van der Waals surface area contributed by atoms with Crippen molar-refractivity contribution in [2.45, 2.75) is 32.1 Å². The number of carbonyl (C=O) groups is 1. The van der Waals surface area contributed by atoms with Crippen LogP contribution in [0.3, 0.4) is 0 Å². The third-order valence-corrected chi connectivity index (χ3v) is 5.46. The van der Waals surface area contributed by atoms with Crippen LogP contribution in [0.2, 0.25) is 0 Å². The highest BCUT2D eigenvalue weighted by molar-refractivity contribution is 5.94. The molecule has 0 radical (unpaired) electrons. The predicted octanol–water partition coefficient (Wildman–Crippen LogP) is 4.56. The normalized spacial score (nSPS) is 16.4. The van der Waals surface area contributed by atoms with E-state index in [2.05, 4.69) is 43.1 Å². The molecule has 144 valence electrons. The number of anilines is 1. The van der Waals surface area contributed by atoms with Gasteiger partial charge in [-0.1, -0.05) is 25.5 Å². The van der Waals surface area contributed by atoms with Gasteiger partial charge in [-0.25, -0.2) is 0 Å². The van der Waals surface area contributed by atoms with Crippen LogP contribution in [-0.4, -0.2) is 44.6 Å². The Labute approximate surface area is 162 Å². The lowest BCUT2D eigenvalue weighted by Crippen LogP contribution is -2.28. The minimum Gasteiger partial charge on any atom is -0.497 e. The maximum atomic E-state index is 12.9. The van der Waals surface area contributed by atoms with Crippen molar-refractivity contribution in [2.75, 3.05) is 38.7 Å². The average molecular weight is 367 g/mol. The van der Waals surface area contributed by atoms with Crippen molar-refractivity contribution in [3.8, 4) is 5.75 Å². The first-order valence-electron chi connectivity index (χ1n) is 9.86. The molecular weight excluding hydrogens is 336 g/mol. The average Bonchev–Trinajstić information content (AvgIpc) is 3.22. The summed E-state index contributed by atoms with van der Waals surface area (Å²) in [5, 5.41) is 0. The predicted molar refractivity (Wildman–Crippen MR) is 111 cm³/mol. The van der Waals surface area contributed by atoms with Crippen LogP contribution < -0.4 is 9.64 Å². The van der Waals surface area contributed by atoms with Gasteiger partial charge in [-0.15, -0.1) is 0 Å². The Morgan fingerprint density at radius 1 is 1.15 bits per heavy atom. The number of ether oxygens (including phenoxy) is 1. The Morgan fingerprint density at radius 2 is 1.85 bits per heavy atom. The fourth-order valence-electron chi connectivity index (χ4n) is 3.66. The molecule has 0 aliphatic carbocycles. The first-order chi connectivity index (χ1) is 13.1. The number of rotatable bonds is 7.